The van der Waals surface area contributed by atoms with Crippen molar-refractivity contribution in [2.45, 2.75) is 45.1 Å². The van der Waals surface area contributed by atoms with Gasteiger partial charge in [0.05, 0.1) is 17.3 Å². The van der Waals surface area contributed by atoms with Crippen LogP contribution in [0.2, 0.25) is 0 Å². The molecule has 2 heterocycles. The van der Waals surface area contributed by atoms with Gasteiger partial charge in [0.25, 0.3) is 0 Å². The second kappa shape index (κ2) is 8.40. The molecule has 2 aromatic rings. The number of rotatable bonds is 3. The van der Waals surface area contributed by atoms with E-state index in [2.05, 4.69) is 34.3 Å². The molecule has 1 fully saturated rings. The second-order valence-electron chi connectivity index (χ2n) is 6.85. The predicted molar refractivity (Wildman–Crippen MR) is 107 cm³/mol. The quantitative estimate of drug-likeness (QED) is 0.649. The third-order valence-electron chi connectivity index (χ3n) is 4.76. The molecular weight excluding hydrogens is 438 g/mol. The highest BCUT2D eigenvalue weighted by Gasteiger charge is 2.32. The van der Waals surface area contributed by atoms with E-state index in [0.29, 0.717) is 11.6 Å². The molecule has 0 radical (unpaired) electrons. The number of anilines is 1. The molecule has 1 amide bonds. The number of pyridine rings is 1. The smallest absolute Gasteiger partial charge is 0.227 e. The van der Waals surface area contributed by atoms with Gasteiger partial charge in [0.1, 0.15) is 0 Å². The first-order chi connectivity index (χ1) is 10.4. The summed E-state index contributed by atoms with van der Waals surface area (Å²) >= 11 is 0. The second-order valence-corrected chi connectivity index (χ2v) is 6.85. The third-order valence-corrected chi connectivity index (χ3v) is 4.76. The molecule has 0 spiro atoms. The minimum absolute atomic E-state index is 0. The lowest BCUT2D eigenvalue weighted by molar-refractivity contribution is -0.121. The molecule has 4 N–H and O–H groups in total. The van der Waals surface area contributed by atoms with Gasteiger partial charge >= 0.3 is 0 Å². The van der Waals surface area contributed by atoms with Gasteiger partial charge in [0.2, 0.25) is 5.91 Å². The summed E-state index contributed by atoms with van der Waals surface area (Å²) < 4.78 is 0. The van der Waals surface area contributed by atoms with Gasteiger partial charge in [-0.25, -0.2) is 4.98 Å². The summed E-state index contributed by atoms with van der Waals surface area (Å²) in [6, 6.07) is 1.81. The SMILES string of the molecule is Br.Br.CC(C)(N)C1CCC(C(=O)Nc2ccnc3[nH]ncc23)CC1. The Kier molecular flexibility index (Phi) is 7.37. The van der Waals surface area contributed by atoms with Crippen molar-refractivity contribution in [2.24, 2.45) is 17.6 Å². The number of hydrogen-bond acceptors (Lipinski definition) is 4. The fraction of sp³-hybridized carbons (Fsp3) is 0.562. The van der Waals surface area contributed by atoms with Gasteiger partial charge < -0.3 is 11.1 Å². The Hall–Kier alpha value is -0.990. The number of carbonyl (C=O) groups is 1. The maximum atomic E-state index is 12.5. The Balaban J connectivity index is 0.00000144. The van der Waals surface area contributed by atoms with Gasteiger partial charge in [-0.3, -0.25) is 9.89 Å². The van der Waals surface area contributed by atoms with E-state index in [9.17, 15) is 4.79 Å². The maximum absolute atomic E-state index is 12.5. The van der Waals surface area contributed by atoms with E-state index < -0.39 is 0 Å². The number of hydrogen-bond donors (Lipinski definition) is 3. The highest BCUT2D eigenvalue weighted by Crippen LogP contribution is 2.35. The first-order valence-corrected chi connectivity index (χ1v) is 7.83. The number of halogens is 2. The Morgan fingerprint density at radius 2 is 1.96 bits per heavy atom. The molecule has 134 valence electrons. The largest absolute Gasteiger partial charge is 0.325 e. The molecular formula is C16H25Br2N5O. The molecule has 8 heteroatoms. The van der Waals surface area contributed by atoms with E-state index in [1.54, 1.807) is 12.4 Å². The number of H-pyrrole nitrogens is 1. The highest BCUT2D eigenvalue weighted by atomic mass is 79.9. The topological polar surface area (TPSA) is 96.7 Å². The summed E-state index contributed by atoms with van der Waals surface area (Å²) in [6.07, 6.45) is 7.18. The molecule has 1 saturated carbocycles. The highest BCUT2D eigenvalue weighted by molar-refractivity contribution is 8.93. The van der Waals surface area contributed by atoms with Gasteiger partial charge in [0.15, 0.2) is 5.65 Å². The first-order valence-electron chi connectivity index (χ1n) is 7.83. The van der Waals surface area contributed by atoms with Crippen molar-refractivity contribution in [3.05, 3.63) is 18.5 Å². The Bertz CT molecular complexity index is 674. The van der Waals surface area contributed by atoms with Crippen molar-refractivity contribution < 1.29 is 4.79 Å². The Morgan fingerprint density at radius 1 is 1.29 bits per heavy atom. The molecule has 0 atom stereocenters. The molecule has 1 aliphatic carbocycles. The summed E-state index contributed by atoms with van der Waals surface area (Å²) in [4.78, 5) is 16.7. The van der Waals surface area contributed by atoms with Crippen molar-refractivity contribution in [1.29, 1.82) is 0 Å². The number of nitrogens with zero attached hydrogens (tertiary/aromatic N) is 2. The monoisotopic (exact) mass is 461 g/mol. The molecule has 0 saturated heterocycles. The van der Waals surface area contributed by atoms with E-state index in [-0.39, 0.29) is 51.3 Å². The molecule has 0 aliphatic heterocycles. The van der Waals surface area contributed by atoms with Crippen molar-refractivity contribution in [3.8, 4) is 0 Å². The first kappa shape index (κ1) is 21.1. The number of aromatic nitrogens is 3. The predicted octanol–water partition coefficient (Wildman–Crippen LogP) is 3.60. The van der Waals surface area contributed by atoms with Crippen LogP contribution in [0.3, 0.4) is 0 Å². The zero-order chi connectivity index (χ0) is 15.7. The summed E-state index contributed by atoms with van der Waals surface area (Å²) in [5.74, 6) is 0.647. The van der Waals surface area contributed by atoms with Crippen LogP contribution in [0.4, 0.5) is 5.69 Å². The molecule has 1 aliphatic rings. The van der Waals surface area contributed by atoms with Crippen molar-refractivity contribution in [3.63, 3.8) is 0 Å². The Morgan fingerprint density at radius 3 is 2.58 bits per heavy atom. The lowest BCUT2D eigenvalue weighted by Gasteiger charge is -2.36. The van der Waals surface area contributed by atoms with E-state index in [1.165, 1.54) is 0 Å². The Labute approximate surface area is 162 Å². The molecule has 2 aromatic heterocycles. The molecule has 0 aromatic carbocycles. The van der Waals surface area contributed by atoms with Gasteiger partial charge in [-0.15, -0.1) is 34.0 Å². The van der Waals surface area contributed by atoms with Crippen LogP contribution in [0, 0.1) is 11.8 Å². The van der Waals surface area contributed by atoms with Gasteiger partial charge in [0, 0.05) is 17.7 Å². The number of aromatic amines is 1. The fourth-order valence-electron chi connectivity index (χ4n) is 3.29. The van der Waals surface area contributed by atoms with E-state index in [0.717, 1.165) is 36.8 Å². The molecule has 0 bridgehead atoms. The standard InChI is InChI=1S/C16H23N5O.2BrH/c1-16(2,17)11-5-3-10(4-6-11)15(22)20-13-7-8-18-14-12(13)9-19-21-14;;/h7-11H,3-6,17H2,1-2H3,(H2,18,19,20,21,22);2*1H. The van der Waals surface area contributed by atoms with Gasteiger partial charge in [-0.2, -0.15) is 5.10 Å². The van der Waals surface area contributed by atoms with Crippen LogP contribution in [0.25, 0.3) is 11.0 Å². The minimum atomic E-state index is -0.157. The van der Waals surface area contributed by atoms with Crippen molar-refractivity contribution in [1.82, 2.24) is 15.2 Å². The average Bonchev–Trinajstić information content (AvgIpc) is 2.96. The van der Waals surface area contributed by atoms with E-state index >= 15 is 0 Å². The average molecular weight is 463 g/mol. The van der Waals surface area contributed by atoms with Crippen LogP contribution in [0.1, 0.15) is 39.5 Å². The number of fused-ring (bicyclic) bond motifs is 1. The zero-order valence-electron chi connectivity index (χ0n) is 13.9. The maximum Gasteiger partial charge on any atom is 0.227 e. The lowest BCUT2D eigenvalue weighted by atomic mass is 9.73. The van der Waals surface area contributed by atoms with Gasteiger partial charge in [-0.1, -0.05) is 0 Å². The number of carbonyl (C=O) groups excluding carboxylic acids is 1. The zero-order valence-corrected chi connectivity index (χ0v) is 17.3. The normalized spacial score (nSPS) is 20.8. The molecule has 6 nitrogen and oxygen atoms in total. The molecule has 0 unspecified atom stereocenters. The molecule has 3 rings (SSSR count). The van der Waals surface area contributed by atoms with Crippen LogP contribution in [0.5, 0.6) is 0 Å². The molecule has 24 heavy (non-hydrogen) atoms. The van der Waals surface area contributed by atoms with E-state index in [4.69, 9.17) is 5.73 Å². The number of nitrogens with two attached hydrogens (primary N) is 1. The summed E-state index contributed by atoms with van der Waals surface area (Å²) in [6.45, 7) is 4.15. The van der Waals surface area contributed by atoms with E-state index in [1.807, 2.05) is 6.07 Å². The fourth-order valence-corrected chi connectivity index (χ4v) is 3.29. The third kappa shape index (κ3) is 4.55. The van der Waals surface area contributed by atoms with Crippen LogP contribution >= 0.6 is 34.0 Å². The minimum Gasteiger partial charge on any atom is -0.325 e. The van der Waals surface area contributed by atoms with Crippen LogP contribution in [-0.4, -0.2) is 26.6 Å². The number of amides is 1. The van der Waals surface area contributed by atoms with Crippen molar-refractivity contribution in [2.75, 3.05) is 5.32 Å². The number of nitrogens with one attached hydrogen (secondary N) is 2. The summed E-state index contributed by atoms with van der Waals surface area (Å²) in [5, 5.41) is 10.6. The van der Waals surface area contributed by atoms with Crippen molar-refractivity contribution >= 4 is 56.6 Å². The van der Waals surface area contributed by atoms with Gasteiger partial charge in [-0.05, 0) is 51.5 Å². The lowest BCUT2D eigenvalue weighted by Crippen LogP contribution is -2.43. The summed E-state index contributed by atoms with van der Waals surface area (Å²) in [5.41, 5.74) is 7.49. The van der Waals surface area contributed by atoms with Crippen LogP contribution in [0.15, 0.2) is 18.5 Å². The van der Waals surface area contributed by atoms with Crippen LogP contribution < -0.4 is 11.1 Å². The van der Waals surface area contributed by atoms with Crippen LogP contribution in [-0.2, 0) is 4.79 Å². The summed E-state index contributed by atoms with van der Waals surface area (Å²) in [7, 11) is 0.